The van der Waals surface area contributed by atoms with Gasteiger partial charge in [0.1, 0.15) is 17.7 Å². The molecule has 0 aliphatic carbocycles. The third-order valence-corrected chi connectivity index (χ3v) is 5.74. The molecular formula is C26H28FN3O3. The maximum Gasteiger partial charge on any atom is 0.236 e. The largest absolute Gasteiger partial charge is 0.497 e. The van der Waals surface area contributed by atoms with Crippen molar-refractivity contribution in [3.63, 3.8) is 0 Å². The highest BCUT2D eigenvalue weighted by atomic mass is 19.1. The molecule has 1 aliphatic heterocycles. The molecule has 0 bridgehead atoms. The summed E-state index contributed by atoms with van der Waals surface area (Å²) in [7, 11) is 3.57. The Morgan fingerprint density at radius 3 is 2.67 bits per heavy atom. The zero-order valence-corrected chi connectivity index (χ0v) is 18.9. The number of pyridine rings is 1. The number of aromatic nitrogens is 1. The molecule has 0 saturated carbocycles. The van der Waals surface area contributed by atoms with Gasteiger partial charge in [0.05, 0.1) is 32.5 Å². The number of hydrogen-bond donors (Lipinski definition) is 0. The van der Waals surface area contributed by atoms with Gasteiger partial charge in [-0.2, -0.15) is 0 Å². The average molecular weight is 450 g/mol. The molecule has 0 radical (unpaired) electrons. The minimum absolute atomic E-state index is 0.0577. The van der Waals surface area contributed by atoms with Gasteiger partial charge in [-0.25, -0.2) is 4.39 Å². The molecule has 7 heteroatoms. The summed E-state index contributed by atoms with van der Waals surface area (Å²) in [5.41, 5.74) is 3.07. The molecule has 1 fully saturated rings. The second-order valence-corrected chi connectivity index (χ2v) is 8.17. The Balaban J connectivity index is 1.34. The first-order valence-corrected chi connectivity index (χ1v) is 10.9. The number of benzene rings is 2. The minimum Gasteiger partial charge on any atom is -0.497 e. The highest BCUT2D eigenvalue weighted by Gasteiger charge is 2.26. The van der Waals surface area contributed by atoms with Gasteiger partial charge in [-0.3, -0.25) is 14.7 Å². The molecule has 1 saturated heterocycles. The second kappa shape index (κ2) is 10.6. The van der Waals surface area contributed by atoms with Gasteiger partial charge in [0.15, 0.2) is 0 Å². The lowest BCUT2D eigenvalue weighted by Crippen LogP contribution is -2.46. The number of nitrogens with zero attached hydrogens (tertiary/aromatic N) is 3. The predicted octanol–water partition coefficient (Wildman–Crippen LogP) is 3.93. The number of rotatable bonds is 7. The summed E-state index contributed by atoms with van der Waals surface area (Å²) in [5.74, 6) is 0.589. The molecule has 0 unspecified atom stereocenters. The van der Waals surface area contributed by atoms with Gasteiger partial charge < -0.3 is 14.4 Å². The maximum atomic E-state index is 14.0. The van der Waals surface area contributed by atoms with Crippen molar-refractivity contribution < 1.29 is 18.7 Å². The summed E-state index contributed by atoms with van der Waals surface area (Å²) in [6.45, 7) is 2.44. The lowest BCUT2D eigenvalue weighted by molar-refractivity contribution is -0.140. The van der Waals surface area contributed by atoms with E-state index in [0.29, 0.717) is 43.9 Å². The van der Waals surface area contributed by atoms with E-state index in [2.05, 4.69) is 4.98 Å². The molecule has 0 spiro atoms. The zero-order chi connectivity index (χ0) is 23.2. The van der Waals surface area contributed by atoms with Gasteiger partial charge >= 0.3 is 0 Å². The van der Waals surface area contributed by atoms with Gasteiger partial charge in [0, 0.05) is 30.4 Å². The second-order valence-electron chi connectivity index (χ2n) is 8.17. The molecule has 1 amide bonds. The Labute approximate surface area is 193 Å². The van der Waals surface area contributed by atoms with Crippen LogP contribution < -0.4 is 4.74 Å². The summed E-state index contributed by atoms with van der Waals surface area (Å²) in [5, 5.41) is 0. The average Bonchev–Trinajstić information content (AvgIpc) is 2.85. The molecular weight excluding hydrogens is 421 g/mol. The van der Waals surface area contributed by atoms with E-state index in [-0.39, 0.29) is 17.8 Å². The van der Waals surface area contributed by atoms with Crippen LogP contribution in [0, 0.1) is 5.82 Å². The van der Waals surface area contributed by atoms with Gasteiger partial charge in [-0.1, -0.05) is 36.4 Å². The zero-order valence-electron chi connectivity index (χ0n) is 18.9. The van der Waals surface area contributed by atoms with Crippen molar-refractivity contribution in [1.29, 1.82) is 0 Å². The van der Waals surface area contributed by atoms with Gasteiger partial charge in [0.2, 0.25) is 5.91 Å². The first kappa shape index (κ1) is 22.9. The van der Waals surface area contributed by atoms with Crippen LogP contribution in [-0.2, 0) is 16.1 Å². The number of carbonyl (C=O) groups is 1. The molecule has 172 valence electrons. The molecule has 1 aromatic heterocycles. The van der Waals surface area contributed by atoms with Crippen LogP contribution in [0.4, 0.5) is 4.39 Å². The molecule has 1 atom stereocenters. The van der Waals surface area contributed by atoms with Crippen molar-refractivity contribution in [2.24, 2.45) is 0 Å². The Morgan fingerprint density at radius 2 is 1.97 bits per heavy atom. The van der Waals surface area contributed by atoms with Crippen LogP contribution in [0.15, 0.2) is 66.9 Å². The van der Waals surface area contributed by atoms with E-state index in [1.54, 1.807) is 31.5 Å². The number of morpholine rings is 1. The monoisotopic (exact) mass is 449 g/mol. The van der Waals surface area contributed by atoms with Crippen molar-refractivity contribution in [3.05, 3.63) is 83.9 Å². The van der Waals surface area contributed by atoms with E-state index >= 15 is 0 Å². The number of likely N-dealkylation sites (N-methyl/N-ethyl adjacent to an activating group) is 1. The van der Waals surface area contributed by atoms with Gasteiger partial charge in [-0.15, -0.1) is 0 Å². The Hall–Kier alpha value is -3.29. The van der Waals surface area contributed by atoms with Crippen LogP contribution in [0.3, 0.4) is 0 Å². The molecule has 3 aromatic rings. The summed E-state index contributed by atoms with van der Waals surface area (Å²) in [6.07, 6.45) is 1.35. The highest BCUT2D eigenvalue weighted by Crippen LogP contribution is 2.25. The van der Waals surface area contributed by atoms with Crippen molar-refractivity contribution in [1.82, 2.24) is 14.8 Å². The van der Waals surface area contributed by atoms with Crippen molar-refractivity contribution in [2.45, 2.75) is 12.6 Å². The third kappa shape index (κ3) is 5.74. The summed E-state index contributed by atoms with van der Waals surface area (Å²) < 4.78 is 25.1. The van der Waals surface area contributed by atoms with Crippen LogP contribution in [-0.4, -0.2) is 61.1 Å². The fraction of sp³-hybridized carbons (Fsp3) is 0.308. The topological polar surface area (TPSA) is 54.9 Å². The number of ether oxygens (including phenoxy) is 2. The van der Waals surface area contributed by atoms with E-state index in [9.17, 15) is 9.18 Å². The van der Waals surface area contributed by atoms with Crippen LogP contribution in [0.5, 0.6) is 5.75 Å². The Kier molecular flexibility index (Phi) is 7.32. The third-order valence-electron chi connectivity index (χ3n) is 5.74. The van der Waals surface area contributed by atoms with Crippen molar-refractivity contribution in [3.8, 4) is 16.9 Å². The van der Waals surface area contributed by atoms with Gasteiger partial charge in [-0.05, 0) is 36.9 Å². The maximum absolute atomic E-state index is 14.0. The highest BCUT2D eigenvalue weighted by molar-refractivity contribution is 5.78. The molecule has 2 aromatic carbocycles. The summed E-state index contributed by atoms with van der Waals surface area (Å²) in [4.78, 5) is 21.2. The van der Waals surface area contributed by atoms with E-state index in [0.717, 1.165) is 17.0 Å². The van der Waals surface area contributed by atoms with Crippen LogP contribution in [0.2, 0.25) is 0 Å². The smallest absolute Gasteiger partial charge is 0.236 e. The quantitative estimate of drug-likeness (QED) is 0.547. The molecule has 0 N–H and O–H groups in total. The predicted molar refractivity (Wildman–Crippen MR) is 124 cm³/mol. The molecule has 33 heavy (non-hydrogen) atoms. The van der Waals surface area contributed by atoms with Crippen LogP contribution in [0.1, 0.15) is 17.4 Å². The van der Waals surface area contributed by atoms with Crippen LogP contribution in [0.25, 0.3) is 11.1 Å². The number of halogens is 1. The Morgan fingerprint density at radius 1 is 1.18 bits per heavy atom. The number of methoxy groups -OCH3 is 1. The first-order valence-electron chi connectivity index (χ1n) is 10.9. The Bertz CT molecular complexity index is 1070. The summed E-state index contributed by atoms with van der Waals surface area (Å²) in [6, 6.07) is 18.1. The fourth-order valence-corrected chi connectivity index (χ4v) is 3.93. The summed E-state index contributed by atoms with van der Waals surface area (Å²) >= 11 is 0. The molecule has 6 nitrogen and oxygen atoms in total. The number of amides is 1. The van der Waals surface area contributed by atoms with E-state index in [1.165, 1.54) is 6.07 Å². The first-order chi connectivity index (χ1) is 16.0. The standard InChI is InChI=1S/C26H28FN3O3/c1-29(16-19-7-10-21(32-2)11-8-19)18-26(31)30-13-14-33-25(17-30)24-12-9-20(15-28-24)22-5-3-4-6-23(22)27/h3-12,15,25H,13-14,16-18H2,1-2H3/t25-/m0/s1. The van der Waals surface area contributed by atoms with Crippen molar-refractivity contribution in [2.75, 3.05) is 40.4 Å². The number of carbonyl (C=O) groups excluding carboxylic acids is 1. The molecule has 2 heterocycles. The van der Waals surface area contributed by atoms with E-state index < -0.39 is 0 Å². The normalized spacial score (nSPS) is 16.1. The van der Waals surface area contributed by atoms with Gasteiger partial charge in [0.25, 0.3) is 0 Å². The van der Waals surface area contributed by atoms with E-state index in [1.807, 2.05) is 53.2 Å². The fourth-order valence-electron chi connectivity index (χ4n) is 3.93. The minimum atomic E-state index is -0.302. The molecule has 4 rings (SSSR count). The SMILES string of the molecule is COc1ccc(CN(C)CC(=O)N2CCO[C@H](c3ccc(-c4ccccc4F)cn3)C2)cc1. The lowest BCUT2D eigenvalue weighted by atomic mass is 10.1. The van der Waals surface area contributed by atoms with Crippen molar-refractivity contribution >= 4 is 5.91 Å². The van der Waals surface area contributed by atoms with E-state index in [4.69, 9.17) is 9.47 Å². The lowest BCUT2D eigenvalue weighted by Gasteiger charge is -2.33. The number of hydrogen-bond acceptors (Lipinski definition) is 5. The molecule has 1 aliphatic rings. The van der Waals surface area contributed by atoms with Crippen LogP contribution >= 0.6 is 0 Å².